The molecule has 42 valence electrons. The Kier molecular flexibility index (Phi) is 2.03. The third-order valence-electron chi connectivity index (χ3n) is 1.55. The van der Waals surface area contributed by atoms with E-state index < -0.39 is 16.2 Å². The third kappa shape index (κ3) is 1.30. The predicted molar refractivity (Wildman–Crippen MR) is 39.5 cm³/mol. The Balaban J connectivity index is 2.49. The summed E-state index contributed by atoms with van der Waals surface area (Å²) >= 11 is -0.804. The first-order valence-electron chi connectivity index (χ1n) is 3.15. The second-order valence-corrected chi connectivity index (χ2v) is 9.43. The van der Waals surface area contributed by atoms with Gasteiger partial charge in [-0.2, -0.15) is 0 Å². The summed E-state index contributed by atoms with van der Waals surface area (Å²) in [6.07, 6.45) is 8.97. The summed E-state index contributed by atoms with van der Waals surface area (Å²) in [6, 6.07) is 0. The summed E-state index contributed by atoms with van der Waals surface area (Å²) in [7, 11) is 0. The minimum absolute atomic E-state index is 0.804. The average Bonchev–Trinajstić information content (AvgIpc) is 2.12. The van der Waals surface area contributed by atoms with Crippen molar-refractivity contribution < 1.29 is 0 Å². The van der Waals surface area contributed by atoms with Crippen LogP contribution in [0, 0.1) is 0 Å². The van der Waals surface area contributed by atoms with Crippen LogP contribution in [0.5, 0.6) is 0 Å². The Labute approximate surface area is 56.3 Å². The van der Waals surface area contributed by atoms with Crippen LogP contribution >= 0.6 is 0 Å². The Bertz CT molecular complexity index is 110. The van der Waals surface area contributed by atoms with Crippen molar-refractivity contribution in [2.45, 2.75) is 15.4 Å². The minimum atomic E-state index is -0.804. The molecule has 8 heavy (non-hydrogen) atoms. The van der Waals surface area contributed by atoms with Crippen LogP contribution in [0.25, 0.3) is 0 Å². The second-order valence-electron chi connectivity index (χ2n) is 2.59. The SMILES string of the molecule is [CH3][Ga]([CH3])[CH]1C=CC=C1. The van der Waals surface area contributed by atoms with Gasteiger partial charge in [-0.05, 0) is 0 Å². The van der Waals surface area contributed by atoms with Gasteiger partial charge < -0.3 is 0 Å². The molecule has 0 nitrogen and oxygen atoms in total. The Morgan fingerprint density at radius 2 is 1.62 bits per heavy atom. The number of hydrogen-bond donors (Lipinski definition) is 0. The Hall–Kier alpha value is 0.116. The van der Waals surface area contributed by atoms with Crippen molar-refractivity contribution >= 4 is 16.2 Å². The fourth-order valence-electron chi connectivity index (χ4n) is 0.893. The summed E-state index contributed by atoms with van der Waals surface area (Å²) in [5.74, 6) is 0. The first-order chi connectivity index (χ1) is 3.80. The van der Waals surface area contributed by atoms with Gasteiger partial charge in [-0.1, -0.05) is 0 Å². The summed E-state index contributed by atoms with van der Waals surface area (Å²) in [5, 5.41) is 0. The van der Waals surface area contributed by atoms with E-state index in [9.17, 15) is 0 Å². The zero-order chi connectivity index (χ0) is 5.98. The second kappa shape index (κ2) is 2.60. The first kappa shape index (κ1) is 6.24. The first-order valence-corrected chi connectivity index (χ1v) is 9.40. The van der Waals surface area contributed by atoms with Gasteiger partial charge in [0.15, 0.2) is 0 Å². The van der Waals surface area contributed by atoms with Crippen molar-refractivity contribution in [3.63, 3.8) is 0 Å². The van der Waals surface area contributed by atoms with Gasteiger partial charge in [-0.25, -0.2) is 0 Å². The van der Waals surface area contributed by atoms with E-state index in [1.54, 1.807) is 0 Å². The summed E-state index contributed by atoms with van der Waals surface area (Å²) < 4.78 is 0.891. The predicted octanol–water partition coefficient (Wildman–Crippen LogP) is 2.24. The van der Waals surface area contributed by atoms with Crippen LogP contribution in [0.15, 0.2) is 24.3 Å². The molecule has 1 rings (SSSR count). The van der Waals surface area contributed by atoms with Crippen molar-refractivity contribution in [2.24, 2.45) is 0 Å². The molecule has 0 saturated heterocycles. The third-order valence-corrected chi connectivity index (χ3v) is 5.71. The molecule has 0 heterocycles. The van der Waals surface area contributed by atoms with Crippen molar-refractivity contribution in [1.82, 2.24) is 0 Å². The van der Waals surface area contributed by atoms with Gasteiger partial charge in [-0.15, -0.1) is 0 Å². The summed E-state index contributed by atoms with van der Waals surface area (Å²) in [5.41, 5.74) is 4.86. The van der Waals surface area contributed by atoms with Crippen molar-refractivity contribution in [2.75, 3.05) is 0 Å². The summed E-state index contributed by atoms with van der Waals surface area (Å²) in [4.78, 5) is 0. The zero-order valence-corrected chi connectivity index (χ0v) is 7.89. The van der Waals surface area contributed by atoms with Crippen LogP contribution in [0.2, 0.25) is 15.4 Å². The summed E-state index contributed by atoms with van der Waals surface area (Å²) in [6.45, 7) is 0. The molecule has 0 fully saturated rings. The molecule has 0 aliphatic heterocycles. The number of rotatable bonds is 1. The van der Waals surface area contributed by atoms with Gasteiger partial charge in [-0.3, -0.25) is 0 Å². The van der Waals surface area contributed by atoms with Gasteiger partial charge in [0.05, 0.1) is 0 Å². The molecule has 1 heteroatoms. The van der Waals surface area contributed by atoms with E-state index in [0.29, 0.717) is 0 Å². The van der Waals surface area contributed by atoms with Crippen LogP contribution in [0.3, 0.4) is 0 Å². The van der Waals surface area contributed by atoms with Gasteiger partial charge in [0, 0.05) is 0 Å². The van der Waals surface area contributed by atoms with Crippen LogP contribution in [-0.4, -0.2) is 16.2 Å². The molecular weight excluding hydrogens is 154 g/mol. The van der Waals surface area contributed by atoms with E-state index in [4.69, 9.17) is 0 Å². The van der Waals surface area contributed by atoms with Crippen LogP contribution in [0.1, 0.15) is 0 Å². The molecule has 0 amide bonds. The molecule has 0 N–H and O–H groups in total. The molecule has 0 aromatic rings. The van der Waals surface area contributed by atoms with Gasteiger partial charge in [0.1, 0.15) is 0 Å². The van der Waals surface area contributed by atoms with Crippen molar-refractivity contribution in [3.8, 4) is 0 Å². The molecule has 0 aromatic carbocycles. The molecule has 0 spiro atoms. The molecule has 0 saturated carbocycles. The molecule has 1 aliphatic carbocycles. The van der Waals surface area contributed by atoms with Crippen molar-refractivity contribution in [3.05, 3.63) is 24.3 Å². The zero-order valence-electron chi connectivity index (χ0n) is 5.46. The van der Waals surface area contributed by atoms with Crippen LogP contribution < -0.4 is 0 Å². The van der Waals surface area contributed by atoms with E-state index >= 15 is 0 Å². The fraction of sp³-hybridized carbons (Fsp3) is 0.429. The average molecular weight is 165 g/mol. The number of allylic oxidation sites excluding steroid dienone is 4. The van der Waals surface area contributed by atoms with E-state index in [1.165, 1.54) is 0 Å². The quantitative estimate of drug-likeness (QED) is 0.522. The van der Waals surface area contributed by atoms with Gasteiger partial charge >= 0.3 is 56.0 Å². The Morgan fingerprint density at radius 3 is 1.88 bits per heavy atom. The van der Waals surface area contributed by atoms with Crippen LogP contribution in [0.4, 0.5) is 0 Å². The van der Waals surface area contributed by atoms with E-state index in [-0.39, 0.29) is 0 Å². The standard InChI is InChI=1S/C5H5.2CH3.Ga/c1-2-4-5-3-1;;;/h1-5H;2*1H3;. The normalized spacial score (nSPS) is 17.8. The van der Waals surface area contributed by atoms with E-state index in [2.05, 4.69) is 35.3 Å². The molecular formula is C7H11Ga. The molecule has 0 radical (unpaired) electrons. The number of hydrogen-bond acceptors (Lipinski definition) is 0. The molecule has 0 atom stereocenters. The maximum atomic E-state index is 2.43. The molecule has 0 aromatic heterocycles. The monoisotopic (exact) mass is 164 g/mol. The molecule has 1 aliphatic rings. The molecule has 0 bridgehead atoms. The Morgan fingerprint density at radius 1 is 1.12 bits per heavy atom. The van der Waals surface area contributed by atoms with Crippen molar-refractivity contribution in [1.29, 1.82) is 0 Å². The topological polar surface area (TPSA) is 0 Å². The fourth-order valence-corrected chi connectivity index (χ4v) is 3.30. The van der Waals surface area contributed by atoms with E-state index in [1.807, 2.05) is 0 Å². The van der Waals surface area contributed by atoms with Crippen LogP contribution in [-0.2, 0) is 0 Å². The van der Waals surface area contributed by atoms with Gasteiger partial charge in [0.2, 0.25) is 0 Å². The van der Waals surface area contributed by atoms with Gasteiger partial charge in [0.25, 0.3) is 0 Å². The molecule has 0 unspecified atom stereocenters. The van der Waals surface area contributed by atoms with E-state index in [0.717, 1.165) is 4.47 Å². The maximum absolute atomic E-state index is 2.43.